The van der Waals surface area contributed by atoms with Crippen LogP contribution in [-0.4, -0.2) is 33.3 Å². The normalized spacial score (nSPS) is 13.8. The van der Waals surface area contributed by atoms with E-state index in [1.165, 1.54) is 4.90 Å². The van der Waals surface area contributed by atoms with E-state index in [2.05, 4.69) is 8.86 Å². The zero-order chi connectivity index (χ0) is 17.7. The van der Waals surface area contributed by atoms with Crippen LogP contribution in [0.5, 0.6) is 0 Å². The van der Waals surface area contributed by atoms with Crippen LogP contribution >= 0.6 is 8.86 Å². The van der Waals surface area contributed by atoms with Gasteiger partial charge in [-0.1, -0.05) is 71.2 Å². The van der Waals surface area contributed by atoms with Crippen LogP contribution < -0.4 is 0 Å². The SMILES string of the molecule is CC.O=C(O)C(Cc1ccccc1)N1C(=O)c2ccccc2C1=P. The fourth-order valence-electron chi connectivity index (χ4n) is 2.66. The molecule has 3 rings (SSSR count). The second-order valence-corrected chi connectivity index (χ2v) is 5.59. The molecule has 2 aromatic carbocycles. The first-order valence-corrected chi connectivity index (χ1v) is 8.38. The molecular weight excluding hydrogens is 321 g/mol. The molecule has 1 amide bonds. The number of fused-ring (bicyclic) bond motifs is 1. The number of rotatable bonds is 4. The zero-order valence-corrected chi connectivity index (χ0v) is 14.7. The number of aliphatic carboxylic acids is 1. The first kappa shape index (κ1) is 17.9. The Balaban J connectivity index is 0.00000100. The molecule has 0 saturated heterocycles. The summed E-state index contributed by atoms with van der Waals surface area (Å²) in [5, 5.41) is 9.58. The summed E-state index contributed by atoms with van der Waals surface area (Å²) in [7, 11) is 3.44. The molecule has 1 aliphatic heterocycles. The molecule has 1 N–H and O–H groups in total. The maximum absolute atomic E-state index is 12.6. The van der Waals surface area contributed by atoms with E-state index in [9.17, 15) is 14.7 Å². The average molecular weight is 341 g/mol. The van der Waals surface area contributed by atoms with E-state index >= 15 is 0 Å². The number of hydrogen-bond acceptors (Lipinski definition) is 2. The Kier molecular flexibility index (Phi) is 5.88. The molecule has 0 aliphatic carbocycles. The number of nitrogens with zero attached hydrogens (tertiary/aromatic N) is 1. The fourth-order valence-corrected chi connectivity index (χ4v) is 3.14. The molecule has 0 spiro atoms. The summed E-state index contributed by atoms with van der Waals surface area (Å²) in [5.74, 6) is -1.32. The Hall–Kier alpha value is -2.45. The van der Waals surface area contributed by atoms with Crippen molar-refractivity contribution < 1.29 is 14.7 Å². The highest BCUT2D eigenvalue weighted by atomic mass is 31.0. The van der Waals surface area contributed by atoms with Crippen molar-refractivity contribution in [2.75, 3.05) is 0 Å². The van der Waals surface area contributed by atoms with Gasteiger partial charge in [0.05, 0.1) is 5.42 Å². The summed E-state index contributed by atoms with van der Waals surface area (Å²) in [6.45, 7) is 4.00. The molecule has 5 heteroatoms. The van der Waals surface area contributed by atoms with Gasteiger partial charge >= 0.3 is 5.97 Å². The number of carboxylic acids is 1. The molecular formula is C19H20NO3P. The third-order valence-electron chi connectivity index (χ3n) is 3.74. The van der Waals surface area contributed by atoms with E-state index < -0.39 is 12.0 Å². The summed E-state index contributed by atoms with van der Waals surface area (Å²) >= 11 is 0. The molecule has 24 heavy (non-hydrogen) atoms. The monoisotopic (exact) mass is 341 g/mol. The van der Waals surface area contributed by atoms with Crippen LogP contribution in [0.15, 0.2) is 54.6 Å². The van der Waals surface area contributed by atoms with Gasteiger partial charge in [-0.05, 0) is 11.6 Å². The van der Waals surface area contributed by atoms with Crippen LogP contribution in [0.3, 0.4) is 0 Å². The largest absolute Gasteiger partial charge is 0.480 e. The molecule has 0 aromatic heterocycles. The van der Waals surface area contributed by atoms with E-state index in [0.29, 0.717) is 11.0 Å². The summed E-state index contributed by atoms with van der Waals surface area (Å²) in [6.07, 6.45) is 0.254. The Bertz CT molecular complexity index is 723. The second kappa shape index (κ2) is 7.89. The lowest BCUT2D eigenvalue weighted by molar-refractivity contribution is -0.141. The number of carboxylic acid groups (broad SMARTS) is 1. The van der Waals surface area contributed by atoms with Gasteiger partial charge in [0.15, 0.2) is 0 Å². The molecule has 0 saturated carbocycles. The molecule has 1 aliphatic rings. The van der Waals surface area contributed by atoms with Gasteiger partial charge in [0.25, 0.3) is 5.91 Å². The zero-order valence-electron chi connectivity index (χ0n) is 13.7. The first-order chi connectivity index (χ1) is 11.6. The van der Waals surface area contributed by atoms with Crippen molar-refractivity contribution in [2.24, 2.45) is 0 Å². The van der Waals surface area contributed by atoms with Crippen molar-refractivity contribution in [3.05, 3.63) is 71.3 Å². The van der Waals surface area contributed by atoms with Crippen molar-refractivity contribution in [3.8, 4) is 0 Å². The van der Waals surface area contributed by atoms with Crippen LogP contribution in [0.25, 0.3) is 0 Å². The van der Waals surface area contributed by atoms with Gasteiger partial charge in [0, 0.05) is 17.5 Å². The smallest absolute Gasteiger partial charge is 0.327 e. The van der Waals surface area contributed by atoms with E-state index in [1.54, 1.807) is 18.2 Å². The predicted octanol–water partition coefficient (Wildman–Crippen LogP) is 3.49. The number of carbonyl (C=O) groups is 2. The lowest BCUT2D eigenvalue weighted by Gasteiger charge is -2.25. The van der Waals surface area contributed by atoms with Gasteiger partial charge in [0.2, 0.25) is 0 Å². The third kappa shape index (κ3) is 3.39. The minimum Gasteiger partial charge on any atom is -0.480 e. The second-order valence-electron chi connectivity index (χ2n) is 5.11. The average Bonchev–Trinajstić information content (AvgIpc) is 2.87. The van der Waals surface area contributed by atoms with Crippen LogP contribution in [0.2, 0.25) is 0 Å². The van der Waals surface area contributed by atoms with Gasteiger partial charge in [-0.25, -0.2) is 4.79 Å². The molecule has 1 atom stereocenters. The fraction of sp³-hybridized carbons (Fsp3) is 0.211. The quantitative estimate of drug-likeness (QED) is 0.866. The lowest BCUT2D eigenvalue weighted by Crippen LogP contribution is -2.45. The van der Waals surface area contributed by atoms with E-state index in [1.807, 2.05) is 50.2 Å². The van der Waals surface area contributed by atoms with Crippen LogP contribution in [0.4, 0.5) is 0 Å². The van der Waals surface area contributed by atoms with Crippen molar-refractivity contribution >= 4 is 26.2 Å². The van der Waals surface area contributed by atoms with Crippen molar-refractivity contribution in [3.63, 3.8) is 0 Å². The molecule has 0 radical (unpaired) electrons. The Morgan fingerprint density at radius 3 is 2.12 bits per heavy atom. The maximum atomic E-state index is 12.6. The topological polar surface area (TPSA) is 57.6 Å². The van der Waals surface area contributed by atoms with E-state index in [0.717, 1.165) is 11.1 Å². The van der Waals surface area contributed by atoms with Crippen molar-refractivity contribution in [1.29, 1.82) is 0 Å². The van der Waals surface area contributed by atoms with E-state index in [-0.39, 0.29) is 12.3 Å². The maximum Gasteiger partial charge on any atom is 0.327 e. The summed E-state index contributed by atoms with van der Waals surface area (Å²) in [5.41, 5.74) is 2.62. The molecule has 1 unspecified atom stereocenters. The highest BCUT2D eigenvalue weighted by Crippen LogP contribution is 2.27. The first-order valence-electron chi connectivity index (χ1n) is 7.88. The highest BCUT2D eigenvalue weighted by molar-refractivity contribution is 7.22. The van der Waals surface area contributed by atoms with Gasteiger partial charge in [-0.3, -0.25) is 9.69 Å². The molecule has 0 fully saturated rings. The van der Waals surface area contributed by atoms with Gasteiger partial charge in [-0.2, -0.15) is 0 Å². The molecule has 0 bridgehead atoms. The van der Waals surface area contributed by atoms with Crippen LogP contribution in [0, 0.1) is 0 Å². The lowest BCUT2D eigenvalue weighted by atomic mass is 10.0. The number of carbonyl (C=O) groups excluding carboxylic acids is 1. The van der Waals surface area contributed by atoms with Gasteiger partial charge in [0.1, 0.15) is 6.04 Å². The Morgan fingerprint density at radius 1 is 1.04 bits per heavy atom. The number of benzene rings is 2. The van der Waals surface area contributed by atoms with Gasteiger partial charge < -0.3 is 5.11 Å². The number of amides is 1. The molecule has 4 nitrogen and oxygen atoms in total. The predicted molar refractivity (Wildman–Crippen MR) is 98.0 cm³/mol. The Morgan fingerprint density at radius 2 is 1.58 bits per heavy atom. The number of hydrogen-bond donors (Lipinski definition) is 1. The van der Waals surface area contributed by atoms with Gasteiger partial charge in [-0.15, -0.1) is 0 Å². The standard InChI is InChI=1S/C17H14NO3P.C2H6/c19-15-12-8-4-5-9-13(12)16(22)18(15)14(17(20)21)10-11-6-2-1-3-7-11;1-2/h1-9,14,22H,10H2,(H,20,21);1-2H3. The molecule has 1 heterocycles. The highest BCUT2D eigenvalue weighted by Gasteiger charge is 2.39. The van der Waals surface area contributed by atoms with Crippen molar-refractivity contribution in [1.82, 2.24) is 4.90 Å². The van der Waals surface area contributed by atoms with Crippen LogP contribution in [-0.2, 0) is 11.2 Å². The minimum atomic E-state index is -1.03. The summed E-state index contributed by atoms with van der Waals surface area (Å²) in [4.78, 5) is 25.6. The summed E-state index contributed by atoms with van der Waals surface area (Å²) in [6, 6.07) is 15.5. The Labute approximate surface area is 144 Å². The van der Waals surface area contributed by atoms with E-state index in [4.69, 9.17) is 0 Å². The third-order valence-corrected chi connectivity index (χ3v) is 4.25. The van der Waals surface area contributed by atoms with Crippen molar-refractivity contribution in [2.45, 2.75) is 26.3 Å². The minimum absolute atomic E-state index is 0.254. The molecule has 2 aromatic rings. The summed E-state index contributed by atoms with van der Waals surface area (Å²) < 4.78 is 0. The van der Waals surface area contributed by atoms with Crippen LogP contribution in [0.1, 0.15) is 35.3 Å². The molecule has 124 valence electrons.